The van der Waals surface area contributed by atoms with Crippen LogP contribution in [0.3, 0.4) is 0 Å². The molecule has 0 saturated carbocycles. The fraction of sp³-hybridized carbons (Fsp3) is 0.333. The molecule has 3 N–H and O–H groups in total. The fourth-order valence-electron chi connectivity index (χ4n) is 1.74. The van der Waals surface area contributed by atoms with E-state index in [4.69, 9.17) is 10.5 Å². The highest BCUT2D eigenvalue weighted by Gasteiger charge is 2.03. The number of nitrogens with two attached hydrogens (primary N) is 1. The lowest BCUT2D eigenvalue weighted by Gasteiger charge is -1.96. The van der Waals surface area contributed by atoms with E-state index >= 15 is 0 Å². The number of aromatic nitrogens is 1. The molecule has 0 bridgehead atoms. The largest absolute Gasteiger partial charge is 0.376 e. The van der Waals surface area contributed by atoms with Crippen molar-refractivity contribution in [2.75, 3.05) is 6.61 Å². The summed E-state index contributed by atoms with van der Waals surface area (Å²) in [6.45, 7) is 3.94. The molecule has 3 heteroatoms. The van der Waals surface area contributed by atoms with Crippen LogP contribution in [0, 0.1) is 0 Å². The number of rotatable bonds is 4. The Hall–Kier alpha value is -1.32. The molecular formula is C12H16N2O. The lowest BCUT2D eigenvalue weighted by molar-refractivity contribution is 0.132. The van der Waals surface area contributed by atoms with Crippen LogP contribution < -0.4 is 5.73 Å². The number of ether oxygens (including phenoxy) is 1. The second kappa shape index (κ2) is 4.47. The van der Waals surface area contributed by atoms with Gasteiger partial charge in [0.25, 0.3) is 0 Å². The summed E-state index contributed by atoms with van der Waals surface area (Å²) in [5, 5.41) is 1.20. The molecule has 0 aliphatic carbocycles. The Bertz CT molecular complexity index is 448. The van der Waals surface area contributed by atoms with Gasteiger partial charge in [0.2, 0.25) is 0 Å². The zero-order valence-corrected chi connectivity index (χ0v) is 8.92. The quantitative estimate of drug-likeness (QED) is 0.801. The molecule has 0 radical (unpaired) electrons. The second-order valence-corrected chi connectivity index (χ2v) is 3.51. The summed E-state index contributed by atoms with van der Waals surface area (Å²) in [6, 6.07) is 8.25. The van der Waals surface area contributed by atoms with Crippen molar-refractivity contribution < 1.29 is 4.74 Å². The second-order valence-electron chi connectivity index (χ2n) is 3.51. The normalized spacial score (nSPS) is 11.1. The third-order valence-corrected chi connectivity index (χ3v) is 2.49. The van der Waals surface area contributed by atoms with E-state index < -0.39 is 0 Å². The minimum absolute atomic E-state index is 0.573. The van der Waals surface area contributed by atoms with Gasteiger partial charge in [0, 0.05) is 29.7 Å². The molecule has 0 unspecified atom stereocenters. The number of fused-ring (bicyclic) bond motifs is 1. The van der Waals surface area contributed by atoms with Gasteiger partial charge in [0.1, 0.15) is 0 Å². The Morgan fingerprint density at radius 3 is 3.00 bits per heavy atom. The summed E-state index contributed by atoms with van der Waals surface area (Å²) in [7, 11) is 0. The third kappa shape index (κ3) is 2.03. The molecule has 0 saturated heterocycles. The number of nitrogens with one attached hydrogen (secondary N) is 1. The molecule has 80 valence electrons. The zero-order valence-electron chi connectivity index (χ0n) is 8.92. The van der Waals surface area contributed by atoms with Crippen molar-refractivity contribution in [3.8, 4) is 0 Å². The Morgan fingerprint density at radius 2 is 2.27 bits per heavy atom. The minimum Gasteiger partial charge on any atom is -0.376 e. The van der Waals surface area contributed by atoms with Gasteiger partial charge < -0.3 is 15.5 Å². The maximum Gasteiger partial charge on any atom is 0.0865 e. The lowest BCUT2D eigenvalue weighted by Crippen LogP contribution is -1.95. The predicted octanol–water partition coefficient (Wildman–Crippen LogP) is 2.16. The van der Waals surface area contributed by atoms with Gasteiger partial charge in [0.15, 0.2) is 0 Å². The summed E-state index contributed by atoms with van der Waals surface area (Å²) in [6.07, 6.45) is 0. The number of aromatic amines is 1. The SMILES string of the molecule is CCOCc1cc2c(CN)cccc2[nH]1. The van der Waals surface area contributed by atoms with Crippen LogP contribution in [0.5, 0.6) is 0 Å². The molecule has 2 aromatic rings. The van der Waals surface area contributed by atoms with Gasteiger partial charge in [-0.15, -0.1) is 0 Å². The van der Waals surface area contributed by atoms with E-state index in [0.717, 1.165) is 17.8 Å². The topological polar surface area (TPSA) is 51.0 Å². The van der Waals surface area contributed by atoms with E-state index in [9.17, 15) is 0 Å². The Morgan fingerprint density at radius 1 is 1.40 bits per heavy atom. The first-order valence-corrected chi connectivity index (χ1v) is 5.22. The molecule has 0 fully saturated rings. The van der Waals surface area contributed by atoms with Crippen LogP contribution in [-0.4, -0.2) is 11.6 Å². The minimum atomic E-state index is 0.573. The average molecular weight is 204 g/mol. The number of hydrogen-bond acceptors (Lipinski definition) is 2. The van der Waals surface area contributed by atoms with Crippen LogP contribution in [0.25, 0.3) is 10.9 Å². The van der Waals surface area contributed by atoms with Crippen molar-refractivity contribution in [2.24, 2.45) is 5.73 Å². The van der Waals surface area contributed by atoms with Crippen molar-refractivity contribution in [1.82, 2.24) is 4.98 Å². The van der Waals surface area contributed by atoms with Crippen LogP contribution in [0.4, 0.5) is 0 Å². The van der Waals surface area contributed by atoms with Gasteiger partial charge in [-0.25, -0.2) is 0 Å². The van der Waals surface area contributed by atoms with Crippen LogP contribution in [-0.2, 0) is 17.9 Å². The molecule has 1 heterocycles. The first-order valence-electron chi connectivity index (χ1n) is 5.22. The van der Waals surface area contributed by atoms with Gasteiger partial charge >= 0.3 is 0 Å². The highest BCUT2D eigenvalue weighted by atomic mass is 16.5. The Balaban J connectivity index is 2.37. The number of hydrogen-bond donors (Lipinski definition) is 2. The van der Waals surface area contributed by atoms with Gasteiger partial charge in [-0.05, 0) is 24.6 Å². The molecule has 0 aliphatic rings. The monoisotopic (exact) mass is 204 g/mol. The molecule has 0 spiro atoms. The third-order valence-electron chi connectivity index (χ3n) is 2.49. The molecule has 0 aliphatic heterocycles. The molecular weight excluding hydrogens is 188 g/mol. The summed E-state index contributed by atoms with van der Waals surface area (Å²) in [4.78, 5) is 3.32. The molecule has 2 rings (SSSR count). The molecule has 0 atom stereocenters. The van der Waals surface area contributed by atoms with Crippen LogP contribution in [0.1, 0.15) is 18.2 Å². The molecule has 1 aromatic heterocycles. The van der Waals surface area contributed by atoms with E-state index in [1.165, 1.54) is 10.9 Å². The average Bonchev–Trinajstić information content (AvgIpc) is 2.68. The van der Waals surface area contributed by atoms with Crippen molar-refractivity contribution in [3.63, 3.8) is 0 Å². The van der Waals surface area contributed by atoms with Gasteiger partial charge in [-0.1, -0.05) is 12.1 Å². The van der Waals surface area contributed by atoms with E-state index in [-0.39, 0.29) is 0 Å². The predicted molar refractivity (Wildman–Crippen MR) is 61.5 cm³/mol. The molecule has 0 amide bonds. The van der Waals surface area contributed by atoms with Crippen molar-refractivity contribution >= 4 is 10.9 Å². The Labute approximate surface area is 89.2 Å². The zero-order chi connectivity index (χ0) is 10.7. The van der Waals surface area contributed by atoms with Crippen molar-refractivity contribution in [2.45, 2.75) is 20.1 Å². The summed E-state index contributed by atoms with van der Waals surface area (Å²) in [5.41, 5.74) is 9.09. The highest BCUT2D eigenvalue weighted by molar-refractivity contribution is 5.83. The standard InChI is InChI=1S/C12H16N2O/c1-2-15-8-10-6-11-9(7-13)4-3-5-12(11)14-10/h3-6,14H,2,7-8,13H2,1H3. The van der Waals surface area contributed by atoms with E-state index in [0.29, 0.717) is 13.2 Å². The Kier molecular flexibility index (Phi) is 3.04. The molecule has 3 nitrogen and oxygen atoms in total. The first kappa shape index (κ1) is 10.2. The molecule has 15 heavy (non-hydrogen) atoms. The van der Waals surface area contributed by atoms with Gasteiger partial charge in [-0.3, -0.25) is 0 Å². The van der Waals surface area contributed by atoms with Crippen LogP contribution >= 0.6 is 0 Å². The number of benzene rings is 1. The summed E-state index contributed by atoms with van der Waals surface area (Å²) in [5.74, 6) is 0. The maximum absolute atomic E-state index is 5.68. The van der Waals surface area contributed by atoms with Crippen LogP contribution in [0.15, 0.2) is 24.3 Å². The van der Waals surface area contributed by atoms with Gasteiger partial charge in [0.05, 0.1) is 6.61 Å². The maximum atomic E-state index is 5.68. The summed E-state index contributed by atoms with van der Waals surface area (Å²) >= 11 is 0. The molecule has 1 aromatic carbocycles. The van der Waals surface area contributed by atoms with E-state index in [1.54, 1.807) is 0 Å². The van der Waals surface area contributed by atoms with E-state index in [1.807, 2.05) is 13.0 Å². The van der Waals surface area contributed by atoms with Crippen molar-refractivity contribution in [3.05, 3.63) is 35.5 Å². The highest BCUT2D eigenvalue weighted by Crippen LogP contribution is 2.19. The number of H-pyrrole nitrogens is 1. The van der Waals surface area contributed by atoms with Crippen LogP contribution in [0.2, 0.25) is 0 Å². The van der Waals surface area contributed by atoms with Crippen molar-refractivity contribution in [1.29, 1.82) is 0 Å². The smallest absolute Gasteiger partial charge is 0.0865 e. The fourth-order valence-corrected chi connectivity index (χ4v) is 1.74. The van der Waals surface area contributed by atoms with Gasteiger partial charge in [-0.2, -0.15) is 0 Å². The summed E-state index contributed by atoms with van der Waals surface area (Å²) < 4.78 is 5.36. The lowest BCUT2D eigenvalue weighted by atomic mass is 10.1. The first-order chi connectivity index (χ1) is 7.35. The van der Waals surface area contributed by atoms with E-state index in [2.05, 4.69) is 23.2 Å².